The van der Waals surface area contributed by atoms with Gasteiger partial charge in [0.2, 0.25) is 11.8 Å². The minimum absolute atomic E-state index is 0.0730. The second-order valence-corrected chi connectivity index (χ2v) is 7.57. The summed E-state index contributed by atoms with van der Waals surface area (Å²) in [5.41, 5.74) is 8.23. The van der Waals surface area contributed by atoms with E-state index in [-0.39, 0.29) is 11.3 Å². The van der Waals surface area contributed by atoms with E-state index < -0.39 is 0 Å². The molecule has 9 nitrogen and oxygen atoms in total. The summed E-state index contributed by atoms with van der Waals surface area (Å²) in [5.74, 6) is 0.657. The van der Waals surface area contributed by atoms with Crippen molar-refractivity contribution in [1.82, 2.24) is 19.7 Å². The minimum Gasteiger partial charge on any atom is -0.478 e. The first-order chi connectivity index (χ1) is 13.0. The van der Waals surface area contributed by atoms with Gasteiger partial charge in [-0.25, -0.2) is 9.67 Å². The molecule has 0 saturated carbocycles. The van der Waals surface area contributed by atoms with Crippen molar-refractivity contribution < 1.29 is 9.47 Å². The van der Waals surface area contributed by atoms with Gasteiger partial charge in [-0.15, -0.1) is 0 Å². The van der Waals surface area contributed by atoms with Crippen LogP contribution in [0.25, 0.3) is 11.0 Å². The number of aromatic nitrogens is 4. The van der Waals surface area contributed by atoms with Crippen LogP contribution in [0.5, 0.6) is 0 Å². The van der Waals surface area contributed by atoms with E-state index in [0.717, 1.165) is 5.71 Å². The molecule has 2 aliphatic heterocycles. The summed E-state index contributed by atoms with van der Waals surface area (Å²) in [7, 11) is 0. The van der Waals surface area contributed by atoms with Crippen molar-refractivity contribution >= 4 is 34.3 Å². The molecule has 0 amide bonds. The van der Waals surface area contributed by atoms with Crippen LogP contribution in [-0.2, 0) is 16.0 Å². The summed E-state index contributed by atoms with van der Waals surface area (Å²) < 4.78 is 12.8. The summed E-state index contributed by atoms with van der Waals surface area (Å²) in [5, 5.41) is 8.57. The molecule has 0 aliphatic carbocycles. The highest BCUT2D eigenvalue weighted by Crippen LogP contribution is 2.27. The predicted octanol–water partition coefficient (Wildman–Crippen LogP) is 1.94. The van der Waals surface area contributed by atoms with Crippen LogP contribution < -0.4 is 11.1 Å². The van der Waals surface area contributed by atoms with E-state index >= 15 is 0 Å². The highest BCUT2D eigenvalue weighted by atomic mass is 35.5. The van der Waals surface area contributed by atoms with Gasteiger partial charge in [-0.1, -0.05) is 18.5 Å². The molecule has 1 fully saturated rings. The molecule has 27 heavy (non-hydrogen) atoms. The van der Waals surface area contributed by atoms with Crippen LogP contribution in [-0.4, -0.2) is 51.8 Å². The van der Waals surface area contributed by atoms with Crippen LogP contribution in [0.4, 0.5) is 5.95 Å². The molecule has 1 saturated heterocycles. The van der Waals surface area contributed by atoms with Crippen LogP contribution >= 0.6 is 11.6 Å². The van der Waals surface area contributed by atoms with Gasteiger partial charge in [-0.05, 0) is 6.92 Å². The molecular weight excluding hydrogens is 370 g/mol. The molecule has 0 aromatic carbocycles. The maximum atomic E-state index is 6.18. The zero-order valence-corrected chi connectivity index (χ0v) is 16.1. The number of nitrogens with two attached hydrogens (primary N) is 1. The number of nitrogens with one attached hydrogen (secondary N) is 1. The SMILES string of the molecule is CC(=NCC1(C)COC1)/C1=C(\N)OCCCn2nc(Cl)c3cnc(nc32)N1. The highest BCUT2D eigenvalue weighted by Gasteiger charge is 2.33. The average molecular weight is 392 g/mol. The molecule has 2 bridgehead atoms. The molecule has 0 radical (unpaired) electrons. The molecule has 0 atom stereocenters. The number of rotatable bonds is 3. The normalized spacial score (nSPS) is 22.7. The third-order valence-corrected chi connectivity index (χ3v) is 4.94. The molecule has 2 aromatic heterocycles. The van der Waals surface area contributed by atoms with Gasteiger partial charge in [0.15, 0.2) is 10.8 Å². The Morgan fingerprint density at radius 1 is 1.48 bits per heavy atom. The number of ether oxygens (including phenoxy) is 2. The Hall–Kier alpha value is -2.39. The Morgan fingerprint density at radius 3 is 3.04 bits per heavy atom. The van der Waals surface area contributed by atoms with Crippen molar-refractivity contribution in [3.8, 4) is 0 Å². The number of aliphatic imine (C=N–C) groups is 1. The second kappa shape index (κ2) is 6.97. The monoisotopic (exact) mass is 391 g/mol. The molecule has 144 valence electrons. The molecule has 0 spiro atoms. The highest BCUT2D eigenvalue weighted by molar-refractivity contribution is 6.34. The van der Waals surface area contributed by atoms with Crippen molar-refractivity contribution in [3.05, 3.63) is 22.9 Å². The minimum atomic E-state index is 0.0730. The van der Waals surface area contributed by atoms with Crippen LogP contribution in [0.15, 0.2) is 22.8 Å². The first-order valence-corrected chi connectivity index (χ1v) is 9.21. The third kappa shape index (κ3) is 3.57. The third-order valence-electron chi connectivity index (χ3n) is 4.66. The van der Waals surface area contributed by atoms with Gasteiger partial charge in [-0.2, -0.15) is 10.1 Å². The Labute approximate surface area is 161 Å². The van der Waals surface area contributed by atoms with Gasteiger partial charge in [0.25, 0.3) is 0 Å². The average Bonchev–Trinajstić information content (AvgIpc) is 2.93. The first kappa shape index (κ1) is 18.0. The van der Waals surface area contributed by atoms with Gasteiger partial charge >= 0.3 is 0 Å². The smallest absolute Gasteiger partial charge is 0.229 e. The second-order valence-electron chi connectivity index (χ2n) is 7.22. The largest absolute Gasteiger partial charge is 0.478 e. The lowest BCUT2D eigenvalue weighted by atomic mass is 9.89. The lowest BCUT2D eigenvalue weighted by molar-refractivity contribution is -0.0944. The van der Waals surface area contributed by atoms with Crippen LogP contribution in [0, 0.1) is 5.41 Å². The van der Waals surface area contributed by atoms with Gasteiger partial charge in [0, 0.05) is 31.1 Å². The van der Waals surface area contributed by atoms with Crippen LogP contribution in [0.3, 0.4) is 0 Å². The van der Waals surface area contributed by atoms with Gasteiger partial charge < -0.3 is 20.5 Å². The van der Waals surface area contributed by atoms with Crippen LogP contribution in [0.2, 0.25) is 5.15 Å². The summed E-state index contributed by atoms with van der Waals surface area (Å²) in [6.07, 6.45) is 2.37. The van der Waals surface area contributed by atoms with Crippen molar-refractivity contribution in [2.75, 3.05) is 31.7 Å². The van der Waals surface area contributed by atoms with E-state index in [2.05, 4.69) is 32.3 Å². The maximum absolute atomic E-state index is 6.18. The Kier molecular flexibility index (Phi) is 4.65. The van der Waals surface area contributed by atoms with Crippen molar-refractivity contribution in [2.24, 2.45) is 16.1 Å². The topological polar surface area (TPSA) is 112 Å². The number of aryl methyl sites for hydroxylation is 1. The fraction of sp³-hybridized carbons (Fsp3) is 0.529. The summed E-state index contributed by atoms with van der Waals surface area (Å²) >= 11 is 6.18. The molecule has 0 unspecified atom stereocenters. The van der Waals surface area contributed by atoms with E-state index in [1.807, 2.05) is 6.92 Å². The molecular formula is C17H22ClN7O2. The van der Waals surface area contributed by atoms with Gasteiger partial charge in [0.05, 0.1) is 30.9 Å². The molecule has 2 aliphatic rings. The first-order valence-electron chi connectivity index (χ1n) is 8.83. The van der Waals surface area contributed by atoms with E-state index in [0.29, 0.717) is 67.2 Å². The summed E-state index contributed by atoms with van der Waals surface area (Å²) in [6, 6.07) is 0. The zero-order valence-electron chi connectivity index (χ0n) is 15.3. The number of hydrogen-bond acceptors (Lipinski definition) is 8. The number of nitrogens with zero attached hydrogens (tertiary/aromatic N) is 5. The van der Waals surface area contributed by atoms with E-state index in [9.17, 15) is 0 Å². The molecule has 4 heterocycles. The predicted molar refractivity (Wildman–Crippen MR) is 103 cm³/mol. The summed E-state index contributed by atoms with van der Waals surface area (Å²) in [6.45, 7) is 7.18. The standard InChI is InChI=1S/C17H22ClN7O2/c1-10(21-7-17(2)8-26-9-17)12-14(19)27-5-3-4-25-15-11(13(18)24-25)6-20-16(22-12)23-15/h6H,3-5,7-9,19H2,1-2H3,(H,20,22,23)/b14-12-,21-10?. The summed E-state index contributed by atoms with van der Waals surface area (Å²) in [4.78, 5) is 13.6. The fourth-order valence-electron chi connectivity index (χ4n) is 2.98. The number of anilines is 1. The lowest BCUT2D eigenvalue weighted by Crippen LogP contribution is -2.42. The Morgan fingerprint density at radius 2 is 2.30 bits per heavy atom. The molecule has 4 rings (SSSR count). The lowest BCUT2D eigenvalue weighted by Gasteiger charge is -2.36. The van der Waals surface area contributed by atoms with Crippen molar-refractivity contribution in [1.29, 1.82) is 0 Å². The van der Waals surface area contributed by atoms with Gasteiger partial charge in [0.1, 0.15) is 5.70 Å². The number of hydrogen-bond donors (Lipinski definition) is 2. The number of allylic oxidation sites excluding steroid dienone is 1. The molecule has 2 aromatic rings. The number of halogens is 1. The van der Waals surface area contributed by atoms with E-state index in [4.69, 9.17) is 26.8 Å². The van der Waals surface area contributed by atoms with E-state index in [1.165, 1.54) is 0 Å². The van der Waals surface area contributed by atoms with Crippen LogP contribution in [0.1, 0.15) is 20.3 Å². The number of fused-ring (bicyclic) bond motifs is 1. The van der Waals surface area contributed by atoms with Gasteiger partial charge in [-0.3, -0.25) is 4.99 Å². The fourth-order valence-corrected chi connectivity index (χ4v) is 3.20. The van der Waals surface area contributed by atoms with E-state index in [1.54, 1.807) is 10.9 Å². The Balaban J connectivity index is 1.68. The molecule has 3 N–H and O–H groups in total. The maximum Gasteiger partial charge on any atom is 0.229 e. The quantitative estimate of drug-likeness (QED) is 0.768. The van der Waals surface area contributed by atoms with Crippen molar-refractivity contribution in [3.63, 3.8) is 0 Å². The molecule has 10 heteroatoms. The Bertz CT molecular complexity index is 933. The zero-order chi connectivity index (χ0) is 19.0. The van der Waals surface area contributed by atoms with Crippen molar-refractivity contribution in [2.45, 2.75) is 26.8 Å².